The molecule has 2 heterocycles. The van der Waals surface area contributed by atoms with E-state index in [1.165, 1.54) is 25.4 Å². The van der Waals surface area contributed by atoms with Crippen LogP contribution in [-0.2, 0) is 4.79 Å². The predicted octanol–water partition coefficient (Wildman–Crippen LogP) is 3.75. The van der Waals surface area contributed by atoms with Crippen molar-refractivity contribution in [1.29, 1.82) is 0 Å². The van der Waals surface area contributed by atoms with E-state index in [1.54, 1.807) is 11.0 Å². The van der Waals surface area contributed by atoms with Gasteiger partial charge >= 0.3 is 6.36 Å². The molecule has 6 nitrogen and oxygen atoms in total. The minimum Gasteiger partial charge on any atom is -0.404 e. The summed E-state index contributed by atoms with van der Waals surface area (Å²) >= 11 is 5.89. The molecule has 1 aliphatic rings. The molecule has 11 heteroatoms. The summed E-state index contributed by atoms with van der Waals surface area (Å²) < 4.78 is 55.3. The smallest absolute Gasteiger partial charge is 0.404 e. The molecule has 1 N–H and O–H groups in total. The van der Waals surface area contributed by atoms with Gasteiger partial charge < -0.3 is 15.0 Å². The van der Waals surface area contributed by atoms with Gasteiger partial charge in [0.15, 0.2) is 0 Å². The van der Waals surface area contributed by atoms with Crippen LogP contribution in [0.1, 0.15) is 13.3 Å². The van der Waals surface area contributed by atoms with Crippen molar-refractivity contribution in [3.63, 3.8) is 0 Å². The van der Waals surface area contributed by atoms with Crippen molar-refractivity contribution in [3.8, 4) is 17.0 Å². The van der Waals surface area contributed by atoms with E-state index < -0.39 is 24.3 Å². The van der Waals surface area contributed by atoms with Crippen molar-refractivity contribution in [2.24, 2.45) is 0 Å². The average Bonchev–Trinajstić information content (AvgIpc) is 2.64. The predicted molar refractivity (Wildman–Crippen MR) is 98.5 cm³/mol. The number of alkyl halides is 4. The van der Waals surface area contributed by atoms with Crippen LogP contribution >= 0.6 is 11.6 Å². The molecule has 1 aromatic carbocycles. The Morgan fingerprint density at radius 2 is 2.07 bits per heavy atom. The number of carbonyl (C=O) groups is 1. The SMILES string of the molecule is CC(=O)N[C@@H]1CCN(c2cc(-c3ccc(OC(F)(F)F)c(Cl)c3)ncn2)C[C@H]1F. The Hall–Kier alpha value is -2.62. The third kappa shape index (κ3) is 5.47. The van der Waals surface area contributed by atoms with Gasteiger partial charge in [-0.25, -0.2) is 14.4 Å². The first-order valence-electron chi connectivity index (χ1n) is 8.66. The molecule has 2 atom stereocenters. The van der Waals surface area contributed by atoms with Gasteiger partial charge in [0.2, 0.25) is 5.91 Å². The highest BCUT2D eigenvalue weighted by molar-refractivity contribution is 6.32. The summed E-state index contributed by atoms with van der Waals surface area (Å²) in [6.45, 7) is 1.85. The molecule has 0 spiro atoms. The molecule has 2 aromatic rings. The molecule has 0 unspecified atom stereocenters. The number of amides is 1. The van der Waals surface area contributed by atoms with Gasteiger partial charge in [-0.15, -0.1) is 13.2 Å². The first kappa shape index (κ1) is 21.1. The van der Waals surface area contributed by atoms with Crippen LogP contribution in [0.2, 0.25) is 5.02 Å². The molecule has 0 radical (unpaired) electrons. The first-order valence-corrected chi connectivity index (χ1v) is 9.04. The van der Waals surface area contributed by atoms with Crippen molar-refractivity contribution in [3.05, 3.63) is 35.6 Å². The van der Waals surface area contributed by atoms with Crippen LogP contribution in [0.5, 0.6) is 5.75 Å². The maximum absolute atomic E-state index is 14.4. The highest BCUT2D eigenvalue weighted by Gasteiger charge is 2.32. The number of piperidine rings is 1. The third-order valence-electron chi connectivity index (χ3n) is 4.36. The normalized spacial score (nSPS) is 19.7. The third-order valence-corrected chi connectivity index (χ3v) is 4.66. The first-order chi connectivity index (χ1) is 13.6. The molecule has 29 heavy (non-hydrogen) atoms. The van der Waals surface area contributed by atoms with E-state index in [2.05, 4.69) is 20.0 Å². The van der Waals surface area contributed by atoms with Crippen molar-refractivity contribution in [1.82, 2.24) is 15.3 Å². The minimum absolute atomic E-state index is 0.0422. The summed E-state index contributed by atoms with van der Waals surface area (Å²) in [5.74, 6) is -0.339. The van der Waals surface area contributed by atoms with Crippen LogP contribution in [0, 0.1) is 0 Å². The second kappa shape index (κ2) is 8.40. The molecule has 156 valence electrons. The molecule has 1 saturated heterocycles. The Bertz CT molecular complexity index is 896. The van der Waals surface area contributed by atoms with Crippen LogP contribution in [0.3, 0.4) is 0 Å². The van der Waals surface area contributed by atoms with Gasteiger partial charge in [0, 0.05) is 25.1 Å². The molecule has 0 saturated carbocycles. The van der Waals surface area contributed by atoms with Gasteiger partial charge in [-0.05, 0) is 24.6 Å². The number of rotatable bonds is 4. The lowest BCUT2D eigenvalue weighted by Gasteiger charge is -2.35. The number of hydrogen-bond acceptors (Lipinski definition) is 5. The number of anilines is 1. The monoisotopic (exact) mass is 432 g/mol. The van der Waals surface area contributed by atoms with Crippen LogP contribution in [0.25, 0.3) is 11.3 Å². The summed E-state index contributed by atoms with van der Waals surface area (Å²) in [5.41, 5.74) is 0.868. The topological polar surface area (TPSA) is 67.4 Å². The fraction of sp³-hybridized carbons (Fsp3) is 0.389. The van der Waals surface area contributed by atoms with Crippen molar-refractivity contribution < 1.29 is 27.1 Å². The maximum atomic E-state index is 14.4. The fourth-order valence-corrected chi connectivity index (χ4v) is 3.30. The lowest BCUT2D eigenvalue weighted by Crippen LogP contribution is -2.52. The average molecular weight is 433 g/mol. The highest BCUT2D eigenvalue weighted by atomic mass is 35.5. The van der Waals surface area contributed by atoms with Gasteiger partial charge in [-0.1, -0.05) is 11.6 Å². The lowest BCUT2D eigenvalue weighted by atomic mass is 10.0. The zero-order chi connectivity index (χ0) is 21.2. The Morgan fingerprint density at radius 1 is 1.31 bits per heavy atom. The number of nitrogens with one attached hydrogen (secondary N) is 1. The Labute approximate surface area is 168 Å². The van der Waals surface area contributed by atoms with E-state index in [4.69, 9.17) is 11.6 Å². The molecule has 1 aliphatic heterocycles. The van der Waals surface area contributed by atoms with E-state index in [1.807, 2.05) is 0 Å². The number of aromatic nitrogens is 2. The van der Waals surface area contributed by atoms with Gasteiger partial charge in [0.05, 0.1) is 23.3 Å². The zero-order valence-electron chi connectivity index (χ0n) is 15.2. The summed E-state index contributed by atoms with van der Waals surface area (Å²) in [7, 11) is 0. The number of halogens is 5. The van der Waals surface area contributed by atoms with Crippen LogP contribution < -0.4 is 15.0 Å². The van der Waals surface area contributed by atoms with Gasteiger partial charge in [-0.2, -0.15) is 0 Å². The number of benzene rings is 1. The van der Waals surface area contributed by atoms with Gasteiger partial charge in [0.25, 0.3) is 0 Å². The second-order valence-electron chi connectivity index (χ2n) is 6.51. The number of carbonyl (C=O) groups excluding carboxylic acids is 1. The summed E-state index contributed by atoms with van der Waals surface area (Å²) in [6, 6.07) is 4.84. The fourth-order valence-electron chi connectivity index (χ4n) is 3.08. The van der Waals surface area contributed by atoms with E-state index in [9.17, 15) is 22.4 Å². The van der Waals surface area contributed by atoms with Crippen molar-refractivity contribution in [2.45, 2.75) is 31.9 Å². The van der Waals surface area contributed by atoms with Crippen LogP contribution in [0.15, 0.2) is 30.6 Å². The number of nitrogens with zero attached hydrogens (tertiary/aromatic N) is 3. The van der Waals surface area contributed by atoms with Crippen molar-refractivity contribution >= 4 is 23.3 Å². The summed E-state index contributed by atoms with van der Waals surface area (Å²) in [5, 5.41) is 2.37. The summed E-state index contributed by atoms with van der Waals surface area (Å²) in [4.78, 5) is 21.1. The molecule has 1 aromatic heterocycles. The second-order valence-corrected chi connectivity index (χ2v) is 6.92. The maximum Gasteiger partial charge on any atom is 0.573 e. The Balaban J connectivity index is 1.77. The molecule has 0 bridgehead atoms. The van der Waals surface area contributed by atoms with Crippen LogP contribution in [0.4, 0.5) is 23.4 Å². The number of ether oxygens (including phenoxy) is 1. The van der Waals surface area contributed by atoms with Crippen LogP contribution in [-0.4, -0.2) is 47.5 Å². The Kier molecular flexibility index (Phi) is 6.11. The molecule has 3 rings (SSSR count). The van der Waals surface area contributed by atoms with Gasteiger partial charge in [-0.3, -0.25) is 4.79 Å². The molecular weight excluding hydrogens is 416 g/mol. The van der Waals surface area contributed by atoms with Gasteiger partial charge in [0.1, 0.15) is 24.1 Å². The Morgan fingerprint density at radius 3 is 2.69 bits per heavy atom. The quantitative estimate of drug-likeness (QED) is 0.745. The van der Waals surface area contributed by atoms with E-state index >= 15 is 0 Å². The molecule has 1 amide bonds. The molecule has 1 fully saturated rings. The number of hydrogen-bond donors (Lipinski definition) is 1. The van der Waals surface area contributed by atoms with E-state index in [0.717, 1.165) is 6.07 Å². The molecular formula is C18H17ClF4N4O2. The lowest BCUT2D eigenvalue weighted by molar-refractivity contribution is -0.274. The standard InChI is InChI=1S/C18H17ClF4N4O2/c1-10(28)26-14-4-5-27(8-13(14)20)17-7-15(24-9-25-17)11-2-3-16(12(19)6-11)29-18(21,22)23/h2-3,6-7,9,13-14H,4-5,8H2,1H3,(H,26,28)/t13-,14-/m1/s1. The summed E-state index contributed by atoms with van der Waals surface area (Å²) in [6.07, 6.45) is -4.42. The largest absolute Gasteiger partial charge is 0.573 e. The van der Waals surface area contributed by atoms with E-state index in [0.29, 0.717) is 30.0 Å². The molecule has 0 aliphatic carbocycles. The zero-order valence-corrected chi connectivity index (χ0v) is 16.0. The highest BCUT2D eigenvalue weighted by Crippen LogP contribution is 2.34. The minimum atomic E-state index is -4.85. The van der Waals surface area contributed by atoms with Crippen molar-refractivity contribution in [2.75, 3.05) is 18.0 Å². The van der Waals surface area contributed by atoms with E-state index in [-0.39, 0.29) is 17.5 Å².